The number of hydrogen-bond acceptors (Lipinski definition) is 1. The quantitative estimate of drug-likeness (QED) is 0.741. The molecule has 0 aliphatic rings. The van der Waals surface area contributed by atoms with Crippen LogP contribution < -0.4 is 0 Å². The summed E-state index contributed by atoms with van der Waals surface area (Å²) in [5.41, 5.74) is 2.12. The van der Waals surface area contributed by atoms with E-state index in [4.69, 9.17) is 11.6 Å². The largest absolute Gasteiger partial charge is 0.385 e. The van der Waals surface area contributed by atoms with E-state index in [1.54, 1.807) is 0 Å². The van der Waals surface area contributed by atoms with E-state index in [0.717, 1.165) is 22.0 Å². The smallest absolute Gasteiger partial charge is 0.0915 e. The van der Waals surface area contributed by atoms with Gasteiger partial charge in [-0.05, 0) is 42.3 Å². The highest BCUT2D eigenvalue weighted by molar-refractivity contribution is 6.30. The molecule has 3 aromatic rings. The Morgan fingerprint density at radius 3 is 2.60 bits per heavy atom. The molecule has 20 heavy (non-hydrogen) atoms. The lowest BCUT2D eigenvalue weighted by atomic mass is 9.87. The average Bonchev–Trinajstić information content (AvgIpc) is 2.89. The third-order valence-corrected chi connectivity index (χ3v) is 3.89. The van der Waals surface area contributed by atoms with Crippen LogP contribution in [0.25, 0.3) is 10.9 Å². The number of halogens is 1. The third kappa shape index (κ3) is 2.45. The molecule has 1 heterocycles. The molecule has 3 heteroatoms. The normalized spacial score (nSPS) is 14.3. The Hall–Kier alpha value is -1.77. The van der Waals surface area contributed by atoms with Crippen LogP contribution in [0.1, 0.15) is 18.1 Å². The summed E-state index contributed by atoms with van der Waals surface area (Å²) in [4.78, 5) is 3.17. The SMILES string of the molecule is CC(O)(Cc1ccc(Cl)cc1)c1cccc2[nH]ccc12. The van der Waals surface area contributed by atoms with Gasteiger partial charge >= 0.3 is 0 Å². The van der Waals surface area contributed by atoms with Crippen LogP contribution in [-0.4, -0.2) is 10.1 Å². The number of fused-ring (bicyclic) bond motifs is 1. The molecular weight excluding hydrogens is 270 g/mol. The molecule has 2 N–H and O–H groups in total. The fraction of sp³-hybridized carbons (Fsp3) is 0.176. The molecule has 102 valence electrons. The van der Waals surface area contributed by atoms with Crippen LogP contribution in [0.2, 0.25) is 5.02 Å². The standard InChI is InChI=1S/C17H16ClNO/c1-17(20,11-12-5-7-13(18)8-6-12)15-3-2-4-16-14(15)9-10-19-16/h2-10,19-20H,11H2,1H3. The maximum absolute atomic E-state index is 10.9. The Kier molecular flexibility index (Phi) is 3.28. The predicted molar refractivity (Wildman–Crippen MR) is 83.0 cm³/mol. The number of nitrogens with one attached hydrogen (secondary N) is 1. The topological polar surface area (TPSA) is 36.0 Å². The maximum Gasteiger partial charge on any atom is 0.0915 e. The Morgan fingerprint density at radius 1 is 1.10 bits per heavy atom. The zero-order chi connectivity index (χ0) is 14.2. The molecule has 1 atom stereocenters. The van der Waals surface area contributed by atoms with Crippen molar-refractivity contribution in [2.75, 3.05) is 0 Å². The Balaban J connectivity index is 1.98. The van der Waals surface area contributed by atoms with Crippen LogP contribution in [0.5, 0.6) is 0 Å². The molecule has 1 aromatic heterocycles. The lowest BCUT2D eigenvalue weighted by Crippen LogP contribution is -2.24. The highest BCUT2D eigenvalue weighted by Gasteiger charge is 2.25. The van der Waals surface area contributed by atoms with Crippen molar-refractivity contribution in [3.8, 4) is 0 Å². The van der Waals surface area contributed by atoms with Crippen molar-refractivity contribution in [2.45, 2.75) is 18.9 Å². The summed E-state index contributed by atoms with van der Waals surface area (Å²) in [6.45, 7) is 1.85. The van der Waals surface area contributed by atoms with Crippen LogP contribution in [0.4, 0.5) is 0 Å². The minimum atomic E-state index is -0.921. The second kappa shape index (κ2) is 4.97. The van der Waals surface area contributed by atoms with Crippen LogP contribution in [-0.2, 0) is 12.0 Å². The summed E-state index contributed by atoms with van der Waals surface area (Å²) in [5.74, 6) is 0. The number of aromatic amines is 1. The minimum Gasteiger partial charge on any atom is -0.385 e. The molecule has 3 rings (SSSR count). The molecule has 0 bridgehead atoms. The molecule has 0 spiro atoms. The summed E-state index contributed by atoms with van der Waals surface area (Å²) in [5, 5.41) is 12.6. The van der Waals surface area contributed by atoms with Gasteiger partial charge < -0.3 is 10.1 Å². The Morgan fingerprint density at radius 2 is 1.85 bits per heavy atom. The van der Waals surface area contributed by atoms with Crippen molar-refractivity contribution >= 4 is 22.5 Å². The maximum atomic E-state index is 10.9. The first-order valence-electron chi connectivity index (χ1n) is 6.60. The van der Waals surface area contributed by atoms with Crippen molar-refractivity contribution in [3.63, 3.8) is 0 Å². The number of benzene rings is 2. The first kappa shape index (κ1) is 13.2. The molecule has 2 aromatic carbocycles. The molecule has 0 fully saturated rings. The first-order chi connectivity index (χ1) is 9.56. The molecule has 0 aliphatic heterocycles. The monoisotopic (exact) mass is 285 g/mol. The minimum absolute atomic E-state index is 0.550. The van der Waals surface area contributed by atoms with E-state index in [2.05, 4.69) is 4.98 Å². The van der Waals surface area contributed by atoms with Crippen molar-refractivity contribution in [2.24, 2.45) is 0 Å². The number of H-pyrrole nitrogens is 1. The zero-order valence-electron chi connectivity index (χ0n) is 11.2. The Bertz CT molecular complexity index is 728. The zero-order valence-corrected chi connectivity index (χ0v) is 12.0. The van der Waals surface area contributed by atoms with Crippen LogP contribution in [0, 0.1) is 0 Å². The molecule has 0 amide bonds. The average molecular weight is 286 g/mol. The van der Waals surface area contributed by atoms with Crippen LogP contribution in [0.3, 0.4) is 0 Å². The number of aliphatic hydroxyl groups is 1. The van der Waals surface area contributed by atoms with E-state index in [1.165, 1.54) is 0 Å². The third-order valence-electron chi connectivity index (χ3n) is 3.64. The van der Waals surface area contributed by atoms with Gasteiger partial charge in [0.2, 0.25) is 0 Å². The second-order valence-corrected chi connectivity index (χ2v) is 5.76. The highest BCUT2D eigenvalue weighted by Crippen LogP contribution is 2.31. The lowest BCUT2D eigenvalue weighted by Gasteiger charge is -2.25. The van der Waals surface area contributed by atoms with Gasteiger partial charge in [-0.25, -0.2) is 0 Å². The van der Waals surface area contributed by atoms with Gasteiger partial charge in [-0.1, -0.05) is 35.9 Å². The Labute approximate surface area is 123 Å². The fourth-order valence-corrected chi connectivity index (χ4v) is 2.78. The molecule has 2 nitrogen and oxygen atoms in total. The van der Waals surface area contributed by atoms with E-state index in [9.17, 15) is 5.11 Å². The fourth-order valence-electron chi connectivity index (χ4n) is 2.65. The van der Waals surface area contributed by atoms with Crippen LogP contribution >= 0.6 is 11.6 Å². The number of rotatable bonds is 3. The van der Waals surface area contributed by atoms with E-state index < -0.39 is 5.60 Å². The van der Waals surface area contributed by atoms with Crippen molar-refractivity contribution in [1.82, 2.24) is 4.98 Å². The van der Waals surface area contributed by atoms with E-state index in [0.29, 0.717) is 11.4 Å². The van der Waals surface area contributed by atoms with Gasteiger partial charge in [-0.15, -0.1) is 0 Å². The van der Waals surface area contributed by atoms with Crippen molar-refractivity contribution < 1.29 is 5.11 Å². The summed E-state index contributed by atoms with van der Waals surface area (Å²) in [6.07, 6.45) is 2.45. The molecule has 0 aliphatic carbocycles. The van der Waals surface area contributed by atoms with E-state index in [1.807, 2.05) is 61.7 Å². The van der Waals surface area contributed by atoms with Gasteiger partial charge in [-0.3, -0.25) is 0 Å². The van der Waals surface area contributed by atoms with Gasteiger partial charge in [-0.2, -0.15) is 0 Å². The van der Waals surface area contributed by atoms with Gasteiger partial charge in [0, 0.05) is 28.5 Å². The summed E-state index contributed by atoms with van der Waals surface area (Å²) in [6, 6.07) is 15.6. The highest BCUT2D eigenvalue weighted by atomic mass is 35.5. The number of aromatic nitrogens is 1. The van der Waals surface area contributed by atoms with Crippen molar-refractivity contribution in [3.05, 3.63) is 70.9 Å². The molecule has 0 saturated heterocycles. The first-order valence-corrected chi connectivity index (χ1v) is 6.97. The summed E-state index contributed by atoms with van der Waals surface area (Å²) >= 11 is 5.90. The van der Waals surface area contributed by atoms with Crippen molar-refractivity contribution in [1.29, 1.82) is 0 Å². The molecular formula is C17H16ClNO. The predicted octanol–water partition coefficient (Wildman–Crippen LogP) is 4.27. The lowest BCUT2D eigenvalue weighted by molar-refractivity contribution is 0.0592. The molecule has 0 saturated carbocycles. The van der Waals surface area contributed by atoms with Gasteiger partial charge in [0.15, 0.2) is 0 Å². The summed E-state index contributed by atoms with van der Waals surface area (Å²) < 4.78 is 0. The van der Waals surface area contributed by atoms with Gasteiger partial charge in [0.1, 0.15) is 0 Å². The number of hydrogen-bond donors (Lipinski definition) is 2. The molecule has 0 radical (unpaired) electrons. The van der Waals surface area contributed by atoms with E-state index in [-0.39, 0.29) is 0 Å². The van der Waals surface area contributed by atoms with Gasteiger partial charge in [0.25, 0.3) is 0 Å². The molecule has 1 unspecified atom stereocenters. The van der Waals surface area contributed by atoms with Crippen LogP contribution in [0.15, 0.2) is 54.7 Å². The summed E-state index contributed by atoms with van der Waals surface area (Å²) in [7, 11) is 0. The van der Waals surface area contributed by atoms with E-state index >= 15 is 0 Å². The second-order valence-electron chi connectivity index (χ2n) is 5.32. The van der Waals surface area contributed by atoms with Gasteiger partial charge in [0.05, 0.1) is 5.60 Å².